The number of hydrogen-bond donors (Lipinski definition) is 3. The summed E-state index contributed by atoms with van der Waals surface area (Å²) in [6, 6.07) is 8.30. The number of aliphatic carboxylic acids is 2. The van der Waals surface area contributed by atoms with Crippen molar-refractivity contribution in [1.82, 2.24) is 4.90 Å². The molecule has 0 aliphatic carbocycles. The van der Waals surface area contributed by atoms with Crippen LogP contribution in [0.25, 0.3) is 0 Å². The lowest BCUT2D eigenvalue weighted by molar-refractivity contribution is -0.192. The maximum atomic E-state index is 12.7. The van der Waals surface area contributed by atoms with Crippen LogP contribution in [0.1, 0.15) is 18.4 Å². The molecule has 1 unspecified atom stereocenters. The summed E-state index contributed by atoms with van der Waals surface area (Å²) >= 11 is 12.3. The number of rotatable bonds is 8. The Balaban J connectivity index is 0.000000591. The van der Waals surface area contributed by atoms with E-state index in [1.54, 1.807) is 0 Å². The van der Waals surface area contributed by atoms with Crippen LogP contribution in [0.5, 0.6) is 17.2 Å². The first kappa shape index (κ1) is 34.6. The number of halogens is 7. The van der Waals surface area contributed by atoms with E-state index in [9.17, 15) is 31.9 Å². The molecule has 0 bridgehead atoms. The molecule has 2 aromatic rings. The molecular formula is C28H29Cl2F5N2O8. The number of benzene rings is 2. The van der Waals surface area contributed by atoms with Crippen molar-refractivity contribution in [3.05, 3.63) is 45.9 Å². The van der Waals surface area contributed by atoms with E-state index >= 15 is 0 Å². The lowest BCUT2D eigenvalue weighted by atomic mass is 9.86. The summed E-state index contributed by atoms with van der Waals surface area (Å²) in [7, 11) is 0. The fourth-order valence-electron chi connectivity index (χ4n) is 5.56. The molecule has 2 fully saturated rings. The van der Waals surface area contributed by atoms with Gasteiger partial charge in [0.2, 0.25) is 0 Å². The Hall–Kier alpha value is -3.27. The van der Waals surface area contributed by atoms with Crippen molar-refractivity contribution in [3.63, 3.8) is 0 Å². The van der Waals surface area contributed by atoms with Crippen LogP contribution < -0.4 is 19.1 Å². The second kappa shape index (κ2) is 14.0. The molecule has 0 aromatic heterocycles. The summed E-state index contributed by atoms with van der Waals surface area (Å²) in [5.74, 6) is -2.86. The lowest BCUT2D eigenvalue weighted by Gasteiger charge is -2.41. The van der Waals surface area contributed by atoms with Gasteiger partial charge in [-0.3, -0.25) is 4.90 Å². The van der Waals surface area contributed by atoms with Gasteiger partial charge >= 0.3 is 18.1 Å². The number of likely N-dealkylation sites (tertiary alicyclic amines) is 1. The zero-order valence-electron chi connectivity index (χ0n) is 23.4. The zero-order valence-corrected chi connectivity index (χ0v) is 24.9. The topological polar surface area (TPSA) is 129 Å². The van der Waals surface area contributed by atoms with E-state index in [-0.39, 0.29) is 34.7 Å². The highest BCUT2D eigenvalue weighted by Gasteiger charge is 2.45. The van der Waals surface area contributed by atoms with Gasteiger partial charge in [0, 0.05) is 62.6 Å². The van der Waals surface area contributed by atoms with E-state index < -0.39 is 43.9 Å². The standard InChI is InChI=1S/C26H28Cl2F2N2O6.C2HF3O2/c27-16-1-2-21-15(7-16)10-26(38-21)3-5-31(6-4-26)19-11-32(12-20(19)33)18-9-22(36-13-24(29)30)17(28)8-23(18)37-14-25(34)35;3-2(4,5)1(6)7/h1-2,7-9,19-20,24,33H,3-6,10-14H2,(H,34,35);(H,6,7)/t19?,20-;/m1./s1. The van der Waals surface area contributed by atoms with E-state index in [4.69, 9.17) is 52.4 Å². The summed E-state index contributed by atoms with van der Waals surface area (Å²) in [6.07, 6.45) is -6.08. The van der Waals surface area contributed by atoms with Gasteiger partial charge in [-0.15, -0.1) is 0 Å². The van der Waals surface area contributed by atoms with Gasteiger partial charge in [0.1, 0.15) is 29.5 Å². The minimum Gasteiger partial charge on any atom is -0.487 e. The Morgan fingerprint density at radius 3 is 2.31 bits per heavy atom. The fourth-order valence-corrected chi connectivity index (χ4v) is 5.96. The quantitative estimate of drug-likeness (QED) is 0.335. The molecule has 3 heterocycles. The van der Waals surface area contributed by atoms with Crippen LogP contribution in [-0.4, -0.2) is 102 Å². The summed E-state index contributed by atoms with van der Waals surface area (Å²) in [4.78, 5) is 24.1. The Morgan fingerprint density at radius 2 is 1.71 bits per heavy atom. The maximum Gasteiger partial charge on any atom is 0.490 e. The number of piperidine rings is 1. The minimum atomic E-state index is -5.08. The lowest BCUT2D eigenvalue weighted by Crippen LogP contribution is -2.53. The third kappa shape index (κ3) is 8.71. The van der Waals surface area contributed by atoms with Crippen LogP contribution in [0.2, 0.25) is 10.0 Å². The van der Waals surface area contributed by atoms with E-state index in [1.165, 1.54) is 12.1 Å². The van der Waals surface area contributed by atoms with Crippen LogP contribution in [-0.2, 0) is 16.0 Å². The van der Waals surface area contributed by atoms with Gasteiger partial charge in [0.25, 0.3) is 6.43 Å². The number of carbonyl (C=O) groups is 2. The Morgan fingerprint density at radius 1 is 1.04 bits per heavy atom. The molecule has 10 nitrogen and oxygen atoms in total. The molecule has 0 radical (unpaired) electrons. The van der Waals surface area contributed by atoms with E-state index in [2.05, 4.69) is 4.90 Å². The van der Waals surface area contributed by atoms with E-state index in [0.717, 1.165) is 43.7 Å². The van der Waals surface area contributed by atoms with Crippen LogP contribution in [0.4, 0.5) is 27.6 Å². The third-order valence-corrected chi connectivity index (χ3v) is 8.14. The molecule has 17 heteroatoms. The van der Waals surface area contributed by atoms with Gasteiger partial charge in [-0.2, -0.15) is 13.2 Å². The number of carboxylic acid groups (broad SMARTS) is 2. The second-order valence-corrected chi connectivity index (χ2v) is 11.6. The molecule has 45 heavy (non-hydrogen) atoms. The summed E-state index contributed by atoms with van der Waals surface area (Å²) in [5.41, 5.74) is 1.25. The number of ether oxygens (including phenoxy) is 3. The molecule has 2 aromatic carbocycles. The molecule has 0 amide bonds. The van der Waals surface area contributed by atoms with Crippen molar-refractivity contribution >= 4 is 40.8 Å². The molecule has 3 aliphatic heterocycles. The maximum absolute atomic E-state index is 12.7. The first-order valence-corrected chi connectivity index (χ1v) is 14.4. The van der Waals surface area contributed by atoms with Gasteiger partial charge in [-0.1, -0.05) is 23.2 Å². The van der Waals surface area contributed by atoms with Crippen molar-refractivity contribution in [2.24, 2.45) is 0 Å². The summed E-state index contributed by atoms with van der Waals surface area (Å²) in [6.45, 7) is 0.665. The molecule has 248 valence electrons. The number of hydrogen-bond acceptors (Lipinski definition) is 8. The monoisotopic (exact) mass is 686 g/mol. The molecule has 2 atom stereocenters. The van der Waals surface area contributed by atoms with E-state index in [1.807, 2.05) is 23.1 Å². The predicted octanol–water partition coefficient (Wildman–Crippen LogP) is 4.75. The van der Waals surface area contributed by atoms with Crippen LogP contribution in [0.3, 0.4) is 0 Å². The Kier molecular flexibility index (Phi) is 10.8. The number of fused-ring (bicyclic) bond motifs is 1. The summed E-state index contributed by atoms with van der Waals surface area (Å²) < 4.78 is 74.1. The van der Waals surface area contributed by atoms with Gasteiger partial charge in [0.15, 0.2) is 6.61 Å². The zero-order chi connectivity index (χ0) is 33.1. The number of nitrogens with zero attached hydrogens (tertiary/aromatic N) is 2. The molecule has 0 saturated carbocycles. The second-order valence-electron chi connectivity index (χ2n) is 10.7. The average molecular weight is 687 g/mol. The number of anilines is 1. The molecule has 2 saturated heterocycles. The van der Waals surface area contributed by atoms with Crippen LogP contribution in [0.15, 0.2) is 30.3 Å². The SMILES string of the molecule is O=C(O)C(F)(F)F.O=C(O)COc1cc(Cl)c(OCC(F)F)cc1N1CC(N2CCC3(CC2)Cc2cc(Cl)ccc2O3)[C@H](O)C1. The molecule has 3 aliphatic rings. The molecule has 1 spiro atoms. The van der Waals surface area contributed by atoms with Crippen LogP contribution in [0, 0.1) is 0 Å². The Labute approximate surface area is 263 Å². The number of β-amino-alcohol motifs (C(OH)–C–C–N with tert-alkyl or cyclic N) is 1. The largest absolute Gasteiger partial charge is 0.490 e. The first-order chi connectivity index (χ1) is 21.1. The highest BCUT2D eigenvalue weighted by Crippen LogP contribution is 2.44. The van der Waals surface area contributed by atoms with Crippen molar-refractivity contribution in [1.29, 1.82) is 0 Å². The van der Waals surface area contributed by atoms with Crippen molar-refractivity contribution in [2.45, 2.75) is 49.6 Å². The van der Waals surface area contributed by atoms with Gasteiger partial charge in [-0.05, 0) is 23.8 Å². The molecule has 3 N–H and O–H groups in total. The van der Waals surface area contributed by atoms with Crippen molar-refractivity contribution < 1.29 is 61.1 Å². The predicted molar refractivity (Wildman–Crippen MR) is 151 cm³/mol. The van der Waals surface area contributed by atoms with Crippen LogP contribution >= 0.6 is 23.2 Å². The van der Waals surface area contributed by atoms with Gasteiger partial charge < -0.3 is 34.4 Å². The smallest absolute Gasteiger partial charge is 0.487 e. The third-order valence-electron chi connectivity index (χ3n) is 7.61. The van der Waals surface area contributed by atoms with Gasteiger partial charge in [-0.25, -0.2) is 18.4 Å². The Bertz CT molecular complexity index is 1390. The van der Waals surface area contributed by atoms with Crippen molar-refractivity contribution in [3.8, 4) is 17.2 Å². The fraction of sp³-hybridized carbons (Fsp3) is 0.500. The first-order valence-electron chi connectivity index (χ1n) is 13.6. The number of aliphatic hydroxyl groups excluding tert-OH is 1. The van der Waals surface area contributed by atoms with Crippen molar-refractivity contribution in [2.75, 3.05) is 44.3 Å². The number of alkyl halides is 5. The normalized spacial score (nSPS) is 20.8. The summed E-state index contributed by atoms with van der Waals surface area (Å²) in [5, 5.41) is 27.9. The highest BCUT2D eigenvalue weighted by atomic mass is 35.5. The van der Waals surface area contributed by atoms with Gasteiger partial charge in [0.05, 0.1) is 22.9 Å². The molecule has 5 rings (SSSR count). The minimum absolute atomic E-state index is 0.0197. The number of carboxylic acids is 2. The van der Waals surface area contributed by atoms with E-state index in [0.29, 0.717) is 17.3 Å². The number of aliphatic hydroxyl groups is 1. The highest BCUT2D eigenvalue weighted by molar-refractivity contribution is 6.32. The molecular weight excluding hydrogens is 658 g/mol. The average Bonchev–Trinajstić information content (AvgIpc) is 3.50.